The summed E-state index contributed by atoms with van der Waals surface area (Å²) in [7, 11) is 0. The lowest BCUT2D eigenvalue weighted by atomic mass is 10.2. The Hall–Kier alpha value is -0.0800. The fraction of sp³-hybridized carbons (Fsp3) is 1.00. The van der Waals surface area contributed by atoms with E-state index in [1.165, 1.54) is 19.3 Å². The largest absolute Gasteiger partial charge is 0.381 e. The second kappa shape index (κ2) is 10.0. The zero-order valence-corrected chi connectivity index (χ0v) is 9.44. The summed E-state index contributed by atoms with van der Waals surface area (Å²) in [5.74, 6) is 0. The van der Waals surface area contributed by atoms with Crippen molar-refractivity contribution in [1.82, 2.24) is 5.32 Å². The molecule has 0 fully saturated rings. The molecule has 0 saturated carbocycles. The number of rotatable bonds is 9. The predicted molar refractivity (Wildman–Crippen MR) is 58.1 cm³/mol. The molecule has 0 aromatic carbocycles. The quantitative estimate of drug-likeness (QED) is 0.560. The van der Waals surface area contributed by atoms with Gasteiger partial charge in [0.1, 0.15) is 0 Å². The third kappa shape index (κ3) is 9.84. The summed E-state index contributed by atoms with van der Waals surface area (Å²) in [6, 6.07) is 0.649. The maximum Gasteiger partial charge on any atom is 0.0478 e. The molecule has 1 atom stereocenters. The van der Waals surface area contributed by atoms with Gasteiger partial charge in [-0.25, -0.2) is 0 Å². The van der Waals surface area contributed by atoms with Crippen molar-refractivity contribution in [3.8, 4) is 0 Å². The molecule has 0 bridgehead atoms. The van der Waals surface area contributed by atoms with Crippen molar-refractivity contribution in [3.05, 3.63) is 0 Å². The van der Waals surface area contributed by atoms with Crippen LogP contribution in [-0.4, -0.2) is 25.8 Å². The molecule has 0 amide bonds. The number of hydrogen-bond donors (Lipinski definition) is 1. The van der Waals surface area contributed by atoms with Crippen LogP contribution in [0.2, 0.25) is 0 Å². The summed E-state index contributed by atoms with van der Waals surface area (Å²) < 4.78 is 5.45. The van der Waals surface area contributed by atoms with Crippen LogP contribution >= 0.6 is 0 Å². The molecule has 2 nitrogen and oxygen atoms in total. The van der Waals surface area contributed by atoms with E-state index in [4.69, 9.17) is 4.74 Å². The molecule has 0 aliphatic heterocycles. The lowest BCUT2D eigenvalue weighted by Gasteiger charge is -2.10. The molecule has 1 N–H and O–H groups in total. The standard InChI is InChI=1S/C11H25NO/c1-4-6-9-13-10-7-8-12-11(3)5-2/h11-12H,4-10H2,1-3H3. The minimum absolute atomic E-state index is 0.649. The predicted octanol–water partition coefficient (Wildman–Crippen LogP) is 2.58. The van der Waals surface area contributed by atoms with Crippen LogP contribution in [0.1, 0.15) is 46.5 Å². The Kier molecular flexibility index (Phi) is 9.94. The first-order valence-corrected chi connectivity index (χ1v) is 5.62. The fourth-order valence-corrected chi connectivity index (χ4v) is 1.02. The van der Waals surface area contributed by atoms with E-state index in [0.29, 0.717) is 6.04 Å². The smallest absolute Gasteiger partial charge is 0.0478 e. The van der Waals surface area contributed by atoms with Gasteiger partial charge in [-0.2, -0.15) is 0 Å². The number of nitrogens with one attached hydrogen (secondary N) is 1. The van der Waals surface area contributed by atoms with E-state index in [-0.39, 0.29) is 0 Å². The molecule has 0 heterocycles. The number of ether oxygens (including phenoxy) is 1. The Morgan fingerprint density at radius 2 is 1.85 bits per heavy atom. The van der Waals surface area contributed by atoms with Crippen molar-refractivity contribution in [2.24, 2.45) is 0 Å². The molecule has 0 saturated heterocycles. The molecule has 2 heteroatoms. The topological polar surface area (TPSA) is 21.3 Å². The van der Waals surface area contributed by atoms with Crippen LogP contribution in [0.15, 0.2) is 0 Å². The number of hydrogen-bond acceptors (Lipinski definition) is 2. The Labute approximate surface area is 83.1 Å². The Morgan fingerprint density at radius 1 is 1.15 bits per heavy atom. The monoisotopic (exact) mass is 187 g/mol. The molecule has 80 valence electrons. The molecular formula is C11H25NO. The minimum Gasteiger partial charge on any atom is -0.381 e. The summed E-state index contributed by atoms with van der Waals surface area (Å²) in [4.78, 5) is 0. The Balaban J connectivity index is 2.91. The second-order valence-corrected chi connectivity index (χ2v) is 3.58. The summed E-state index contributed by atoms with van der Waals surface area (Å²) in [5, 5.41) is 3.44. The third-order valence-corrected chi connectivity index (χ3v) is 2.21. The summed E-state index contributed by atoms with van der Waals surface area (Å²) in [6.45, 7) is 9.53. The molecule has 0 radical (unpaired) electrons. The highest BCUT2D eigenvalue weighted by Gasteiger charge is 1.95. The van der Waals surface area contributed by atoms with Crippen LogP contribution in [0.5, 0.6) is 0 Å². The van der Waals surface area contributed by atoms with Crippen molar-refractivity contribution in [2.45, 2.75) is 52.5 Å². The highest BCUT2D eigenvalue weighted by Crippen LogP contribution is 1.91. The summed E-state index contributed by atoms with van der Waals surface area (Å²) in [6.07, 6.45) is 4.76. The first kappa shape index (κ1) is 12.9. The van der Waals surface area contributed by atoms with Gasteiger partial charge in [-0.15, -0.1) is 0 Å². The maximum atomic E-state index is 5.45. The molecule has 0 aliphatic rings. The lowest BCUT2D eigenvalue weighted by Crippen LogP contribution is -2.26. The normalized spacial score (nSPS) is 13.2. The highest BCUT2D eigenvalue weighted by molar-refractivity contribution is 4.56. The van der Waals surface area contributed by atoms with Gasteiger partial charge in [0.05, 0.1) is 0 Å². The van der Waals surface area contributed by atoms with Crippen molar-refractivity contribution < 1.29 is 4.74 Å². The van der Waals surface area contributed by atoms with Crippen LogP contribution in [0.3, 0.4) is 0 Å². The summed E-state index contributed by atoms with van der Waals surface area (Å²) >= 11 is 0. The van der Waals surface area contributed by atoms with Crippen molar-refractivity contribution in [3.63, 3.8) is 0 Å². The van der Waals surface area contributed by atoms with E-state index in [0.717, 1.165) is 26.2 Å². The third-order valence-electron chi connectivity index (χ3n) is 2.21. The second-order valence-electron chi connectivity index (χ2n) is 3.58. The highest BCUT2D eigenvalue weighted by atomic mass is 16.5. The van der Waals surface area contributed by atoms with Crippen LogP contribution in [-0.2, 0) is 4.74 Å². The summed E-state index contributed by atoms with van der Waals surface area (Å²) in [5.41, 5.74) is 0. The zero-order chi connectivity index (χ0) is 9.94. The van der Waals surface area contributed by atoms with Gasteiger partial charge in [0, 0.05) is 19.3 Å². The van der Waals surface area contributed by atoms with Gasteiger partial charge in [-0.1, -0.05) is 20.3 Å². The Morgan fingerprint density at radius 3 is 2.46 bits per heavy atom. The van der Waals surface area contributed by atoms with Crippen molar-refractivity contribution >= 4 is 0 Å². The van der Waals surface area contributed by atoms with E-state index >= 15 is 0 Å². The molecule has 1 unspecified atom stereocenters. The first-order valence-electron chi connectivity index (χ1n) is 5.62. The number of unbranched alkanes of at least 4 members (excludes halogenated alkanes) is 1. The van der Waals surface area contributed by atoms with Gasteiger partial charge < -0.3 is 10.1 Å². The maximum absolute atomic E-state index is 5.45. The fourth-order valence-electron chi connectivity index (χ4n) is 1.02. The van der Waals surface area contributed by atoms with Gasteiger partial charge >= 0.3 is 0 Å². The lowest BCUT2D eigenvalue weighted by molar-refractivity contribution is 0.128. The van der Waals surface area contributed by atoms with E-state index in [2.05, 4.69) is 26.1 Å². The zero-order valence-electron chi connectivity index (χ0n) is 9.44. The average molecular weight is 187 g/mol. The molecule has 0 aromatic rings. The Bertz CT molecular complexity index is 96.1. The van der Waals surface area contributed by atoms with Gasteiger partial charge in [-0.3, -0.25) is 0 Å². The molecule has 13 heavy (non-hydrogen) atoms. The van der Waals surface area contributed by atoms with Gasteiger partial charge in [0.15, 0.2) is 0 Å². The van der Waals surface area contributed by atoms with Gasteiger partial charge in [0.25, 0.3) is 0 Å². The SMILES string of the molecule is CCCCOCCCNC(C)CC. The van der Waals surface area contributed by atoms with Crippen LogP contribution in [0, 0.1) is 0 Å². The minimum atomic E-state index is 0.649. The molecule has 0 aromatic heterocycles. The van der Waals surface area contributed by atoms with Crippen LogP contribution in [0.4, 0.5) is 0 Å². The van der Waals surface area contributed by atoms with Gasteiger partial charge in [-0.05, 0) is 32.7 Å². The molecule has 0 spiro atoms. The van der Waals surface area contributed by atoms with Gasteiger partial charge in [0.2, 0.25) is 0 Å². The van der Waals surface area contributed by atoms with E-state index in [1.807, 2.05) is 0 Å². The first-order chi connectivity index (χ1) is 6.31. The molecule has 0 aliphatic carbocycles. The van der Waals surface area contributed by atoms with Crippen LogP contribution in [0.25, 0.3) is 0 Å². The average Bonchev–Trinajstić information content (AvgIpc) is 2.16. The van der Waals surface area contributed by atoms with Crippen molar-refractivity contribution in [1.29, 1.82) is 0 Å². The van der Waals surface area contributed by atoms with E-state index in [1.54, 1.807) is 0 Å². The molecule has 0 rings (SSSR count). The van der Waals surface area contributed by atoms with E-state index in [9.17, 15) is 0 Å². The van der Waals surface area contributed by atoms with E-state index < -0.39 is 0 Å². The van der Waals surface area contributed by atoms with Crippen LogP contribution < -0.4 is 5.32 Å². The molecular weight excluding hydrogens is 162 g/mol. The van der Waals surface area contributed by atoms with Crippen molar-refractivity contribution in [2.75, 3.05) is 19.8 Å².